The highest BCUT2D eigenvalue weighted by atomic mass is 19.1. The summed E-state index contributed by atoms with van der Waals surface area (Å²) in [5.41, 5.74) is 2.09. The van der Waals surface area contributed by atoms with Crippen molar-refractivity contribution < 1.29 is 13.6 Å². The second-order valence-electron chi connectivity index (χ2n) is 7.74. The second-order valence-corrected chi connectivity index (χ2v) is 7.74. The molecule has 158 valence electrons. The lowest BCUT2D eigenvalue weighted by Gasteiger charge is -2.16. The molecule has 2 unspecified atom stereocenters. The van der Waals surface area contributed by atoms with Gasteiger partial charge in [-0.3, -0.25) is 4.79 Å². The van der Waals surface area contributed by atoms with E-state index in [0.717, 1.165) is 24.2 Å². The Morgan fingerprint density at radius 3 is 2.53 bits per heavy atom. The number of aliphatic imine (C=N–C) groups is 1. The third-order valence-electron chi connectivity index (χ3n) is 5.57. The Kier molecular flexibility index (Phi) is 5.97. The summed E-state index contributed by atoms with van der Waals surface area (Å²) >= 11 is 0. The molecule has 2 aromatic carbocycles. The minimum atomic E-state index is -0.497. The SMILES string of the molecule is CCNC(=NCc1ccc(N2CCCC2=O)cc1)NC1CC1c1c(F)cccc1F. The van der Waals surface area contributed by atoms with E-state index in [4.69, 9.17) is 0 Å². The fourth-order valence-electron chi connectivity index (χ4n) is 3.91. The van der Waals surface area contributed by atoms with E-state index in [1.807, 2.05) is 36.1 Å². The van der Waals surface area contributed by atoms with Crippen molar-refractivity contribution in [2.24, 2.45) is 4.99 Å². The number of hydrogen-bond donors (Lipinski definition) is 2. The zero-order valence-electron chi connectivity index (χ0n) is 17.0. The zero-order valence-corrected chi connectivity index (χ0v) is 17.0. The molecule has 0 bridgehead atoms. The largest absolute Gasteiger partial charge is 0.357 e. The van der Waals surface area contributed by atoms with Crippen molar-refractivity contribution in [1.82, 2.24) is 10.6 Å². The van der Waals surface area contributed by atoms with Crippen LogP contribution in [0, 0.1) is 11.6 Å². The molecule has 2 aliphatic rings. The van der Waals surface area contributed by atoms with Crippen molar-refractivity contribution in [3.63, 3.8) is 0 Å². The molecule has 2 fully saturated rings. The van der Waals surface area contributed by atoms with Crippen LogP contribution >= 0.6 is 0 Å². The highest BCUT2D eigenvalue weighted by Gasteiger charge is 2.42. The van der Waals surface area contributed by atoms with E-state index in [-0.39, 0.29) is 23.4 Å². The predicted molar refractivity (Wildman–Crippen MR) is 113 cm³/mol. The zero-order chi connectivity index (χ0) is 21.1. The van der Waals surface area contributed by atoms with Crippen LogP contribution in [0.15, 0.2) is 47.5 Å². The molecule has 0 aromatic heterocycles. The Bertz CT molecular complexity index is 924. The number of hydrogen-bond acceptors (Lipinski definition) is 2. The van der Waals surface area contributed by atoms with Crippen LogP contribution in [0.25, 0.3) is 0 Å². The van der Waals surface area contributed by atoms with E-state index in [0.29, 0.717) is 31.9 Å². The van der Waals surface area contributed by atoms with E-state index in [1.54, 1.807) is 0 Å². The Balaban J connectivity index is 1.38. The van der Waals surface area contributed by atoms with Crippen LogP contribution < -0.4 is 15.5 Å². The van der Waals surface area contributed by atoms with Gasteiger partial charge in [-0.1, -0.05) is 18.2 Å². The first-order chi connectivity index (χ1) is 14.6. The normalized spacial score (nSPS) is 21.1. The first kappa shape index (κ1) is 20.3. The molecule has 0 radical (unpaired) electrons. The lowest BCUT2D eigenvalue weighted by Crippen LogP contribution is -2.39. The quantitative estimate of drug-likeness (QED) is 0.562. The fourth-order valence-corrected chi connectivity index (χ4v) is 3.91. The predicted octanol–water partition coefficient (Wildman–Crippen LogP) is 3.70. The molecule has 1 saturated carbocycles. The van der Waals surface area contributed by atoms with Crippen LogP contribution in [0.3, 0.4) is 0 Å². The van der Waals surface area contributed by atoms with Crippen LogP contribution in [0.1, 0.15) is 43.2 Å². The van der Waals surface area contributed by atoms with E-state index in [9.17, 15) is 13.6 Å². The smallest absolute Gasteiger partial charge is 0.227 e. The summed E-state index contributed by atoms with van der Waals surface area (Å²) in [6, 6.07) is 11.8. The van der Waals surface area contributed by atoms with Gasteiger partial charge in [-0.2, -0.15) is 0 Å². The van der Waals surface area contributed by atoms with Crippen molar-refractivity contribution in [3.8, 4) is 0 Å². The lowest BCUT2D eigenvalue weighted by molar-refractivity contribution is -0.117. The standard InChI is InChI=1S/C23H26F2N4O/c1-2-26-23(28-20-13-17(20)22-18(24)5-3-6-19(22)25)27-14-15-8-10-16(11-9-15)29-12-4-7-21(29)30/h3,5-6,8-11,17,20H,2,4,7,12-14H2,1H3,(H2,26,27,28). The Morgan fingerprint density at radius 1 is 1.17 bits per heavy atom. The monoisotopic (exact) mass is 412 g/mol. The van der Waals surface area contributed by atoms with E-state index >= 15 is 0 Å². The van der Waals surface area contributed by atoms with Gasteiger partial charge in [0, 0.05) is 42.7 Å². The number of benzene rings is 2. The first-order valence-electron chi connectivity index (χ1n) is 10.4. The van der Waals surface area contributed by atoms with E-state index in [1.165, 1.54) is 18.2 Å². The van der Waals surface area contributed by atoms with Gasteiger partial charge in [0.05, 0.1) is 6.54 Å². The van der Waals surface area contributed by atoms with Gasteiger partial charge < -0.3 is 15.5 Å². The lowest BCUT2D eigenvalue weighted by atomic mass is 10.1. The molecule has 5 nitrogen and oxygen atoms in total. The Hall–Kier alpha value is -2.96. The molecule has 0 spiro atoms. The van der Waals surface area contributed by atoms with Crippen molar-refractivity contribution in [2.75, 3.05) is 18.0 Å². The molecular formula is C23H26F2N4O. The molecule has 1 heterocycles. The average Bonchev–Trinajstić information content (AvgIpc) is 3.34. The van der Waals surface area contributed by atoms with Gasteiger partial charge in [-0.05, 0) is 49.6 Å². The molecule has 2 aromatic rings. The number of anilines is 1. The minimum Gasteiger partial charge on any atom is -0.357 e. The van der Waals surface area contributed by atoms with Gasteiger partial charge in [0.1, 0.15) is 11.6 Å². The van der Waals surface area contributed by atoms with E-state index in [2.05, 4.69) is 15.6 Å². The van der Waals surface area contributed by atoms with Crippen LogP contribution in [-0.2, 0) is 11.3 Å². The molecule has 4 rings (SSSR count). The number of guanidine groups is 1. The third kappa shape index (κ3) is 4.45. The Labute approximate surface area is 175 Å². The molecule has 2 N–H and O–H groups in total. The minimum absolute atomic E-state index is 0.0437. The molecule has 2 atom stereocenters. The van der Waals surface area contributed by atoms with Crippen LogP contribution in [0.5, 0.6) is 0 Å². The maximum atomic E-state index is 14.0. The van der Waals surface area contributed by atoms with Crippen molar-refractivity contribution in [3.05, 3.63) is 65.2 Å². The number of carbonyl (C=O) groups excluding carboxylic acids is 1. The summed E-state index contributed by atoms with van der Waals surface area (Å²) < 4.78 is 28.0. The number of amides is 1. The molecule has 30 heavy (non-hydrogen) atoms. The van der Waals surface area contributed by atoms with Crippen LogP contribution in [0.4, 0.5) is 14.5 Å². The van der Waals surface area contributed by atoms with Gasteiger partial charge in [-0.15, -0.1) is 0 Å². The van der Waals surface area contributed by atoms with Crippen molar-refractivity contribution in [2.45, 2.75) is 44.7 Å². The fraction of sp³-hybridized carbons (Fsp3) is 0.391. The van der Waals surface area contributed by atoms with Crippen LogP contribution in [-0.4, -0.2) is 31.0 Å². The number of halogens is 2. The van der Waals surface area contributed by atoms with Gasteiger partial charge >= 0.3 is 0 Å². The first-order valence-corrected chi connectivity index (χ1v) is 10.4. The van der Waals surface area contributed by atoms with Gasteiger partial charge in [0.25, 0.3) is 0 Å². The summed E-state index contributed by atoms with van der Waals surface area (Å²) in [5, 5.41) is 6.47. The number of nitrogens with one attached hydrogen (secondary N) is 2. The maximum absolute atomic E-state index is 14.0. The van der Waals surface area contributed by atoms with Crippen molar-refractivity contribution in [1.29, 1.82) is 0 Å². The molecule has 1 aliphatic heterocycles. The number of carbonyl (C=O) groups is 1. The van der Waals surface area contributed by atoms with Crippen molar-refractivity contribution >= 4 is 17.6 Å². The number of rotatable bonds is 6. The molecule has 1 aliphatic carbocycles. The maximum Gasteiger partial charge on any atom is 0.227 e. The summed E-state index contributed by atoms with van der Waals surface area (Å²) in [4.78, 5) is 18.3. The van der Waals surface area contributed by atoms with E-state index < -0.39 is 11.6 Å². The highest BCUT2D eigenvalue weighted by molar-refractivity contribution is 5.95. The summed E-state index contributed by atoms with van der Waals surface area (Å²) in [6.45, 7) is 3.90. The average molecular weight is 412 g/mol. The molecule has 1 saturated heterocycles. The third-order valence-corrected chi connectivity index (χ3v) is 5.57. The van der Waals surface area contributed by atoms with Gasteiger partial charge in [0.15, 0.2) is 5.96 Å². The van der Waals surface area contributed by atoms with Gasteiger partial charge in [-0.25, -0.2) is 13.8 Å². The highest BCUT2D eigenvalue weighted by Crippen LogP contribution is 2.43. The molecule has 7 heteroatoms. The second kappa shape index (κ2) is 8.81. The molecular weight excluding hydrogens is 386 g/mol. The number of nitrogens with zero attached hydrogens (tertiary/aromatic N) is 2. The summed E-state index contributed by atoms with van der Waals surface area (Å²) in [7, 11) is 0. The topological polar surface area (TPSA) is 56.7 Å². The molecule has 1 amide bonds. The Morgan fingerprint density at radius 2 is 1.90 bits per heavy atom. The van der Waals surface area contributed by atoms with Gasteiger partial charge in [0.2, 0.25) is 5.91 Å². The summed E-state index contributed by atoms with van der Waals surface area (Å²) in [5.74, 6) is -0.386. The van der Waals surface area contributed by atoms with Crippen LogP contribution in [0.2, 0.25) is 0 Å². The summed E-state index contributed by atoms with van der Waals surface area (Å²) in [6.07, 6.45) is 2.19.